The van der Waals surface area contributed by atoms with E-state index in [0.717, 1.165) is 150 Å². The van der Waals surface area contributed by atoms with Crippen molar-refractivity contribution < 1.29 is 14.2 Å². The summed E-state index contributed by atoms with van der Waals surface area (Å²) in [6.45, 7) is 38.4. The standard InChI is InChI=1S/3C8H10.C7H13NO2.C7H8.C6H13NO.C5H12N2.C5H11N.2C4H10N2.C4H9N/c3*1-2-8-6-4-3-5-7-8;1-3-8-4-2-7(1)9-5-6-10-7;1-7-5-3-2-4-6-7;1-2-7-3-5-8-6-4-7;1-2-6-4-5-7-3-1;1-2-4-6-5-3-1;2*1-2-6-4-3-5-1;1-2-4-5-3-1/h3*3-7H,2H2,1H3;8H,1-6H2;2-6H,1H3;2-6H2,1H3;6-7H,1-5H2;6H,1-5H2;2*5-6H,1-4H2;5H,1-4H2. The van der Waals surface area contributed by atoms with E-state index in [2.05, 4.69) is 172 Å². The summed E-state index contributed by atoms with van der Waals surface area (Å²) in [4.78, 5) is 2.39. The highest BCUT2D eigenvalue weighted by atomic mass is 16.7. The van der Waals surface area contributed by atoms with Crippen molar-refractivity contribution in [3.63, 3.8) is 0 Å². The van der Waals surface area contributed by atoms with E-state index in [1.807, 2.05) is 36.4 Å². The molecule has 0 amide bonds. The molecule has 448 valence electrons. The molecule has 0 saturated carbocycles. The summed E-state index contributed by atoms with van der Waals surface area (Å²) in [7, 11) is 0. The SMILES string of the molecule is C1CC2(CCN1)OCCO2.C1CCNC1.C1CCNCC1.C1CNCCN1.C1CNCCN1.C1CNCCNC1.CCN1CCOCC1.CCc1ccccc1.CCc1ccccc1.CCc1ccccc1.Cc1ccccc1. The normalized spacial score (nSPS) is 19.0. The van der Waals surface area contributed by atoms with Crippen LogP contribution in [-0.4, -0.2) is 175 Å². The molecule has 8 aliphatic rings. The molecule has 13 nitrogen and oxygen atoms in total. The number of benzene rings is 4. The summed E-state index contributed by atoms with van der Waals surface area (Å²) in [5.41, 5.74) is 5.55. The Labute approximate surface area is 483 Å². The Balaban J connectivity index is 0.000000298. The molecule has 8 heterocycles. The second-order valence-electron chi connectivity index (χ2n) is 20.2. The van der Waals surface area contributed by atoms with Crippen molar-refractivity contribution >= 4 is 0 Å². The fourth-order valence-corrected chi connectivity index (χ4v) is 8.59. The third-order valence-electron chi connectivity index (χ3n) is 13.7. The van der Waals surface area contributed by atoms with Crippen LogP contribution in [0.4, 0.5) is 0 Å². The van der Waals surface area contributed by atoms with Crippen LogP contribution in [-0.2, 0) is 33.5 Å². The van der Waals surface area contributed by atoms with Crippen molar-refractivity contribution in [2.24, 2.45) is 0 Å². The van der Waals surface area contributed by atoms with Crippen LogP contribution >= 0.6 is 0 Å². The van der Waals surface area contributed by atoms with Gasteiger partial charge in [0.05, 0.1) is 26.4 Å². The average Bonchev–Trinajstić information content (AvgIpc) is 4.22. The maximum Gasteiger partial charge on any atom is 0.170 e. The second-order valence-corrected chi connectivity index (χ2v) is 20.2. The van der Waals surface area contributed by atoms with Crippen LogP contribution in [0.2, 0.25) is 0 Å². The van der Waals surface area contributed by atoms with Gasteiger partial charge in [0.15, 0.2) is 5.79 Å². The first-order valence-corrected chi connectivity index (χ1v) is 31.1. The van der Waals surface area contributed by atoms with Gasteiger partial charge in [-0.05, 0) is 121 Å². The van der Waals surface area contributed by atoms with E-state index in [1.54, 1.807) is 0 Å². The predicted octanol–water partition coefficient (Wildman–Crippen LogP) is 8.25. The van der Waals surface area contributed by atoms with Gasteiger partial charge in [0, 0.05) is 104 Å². The zero-order chi connectivity index (χ0) is 56.5. The molecule has 8 saturated heterocycles. The van der Waals surface area contributed by atoms with Crippen LogP contribution in [0.5, 0.6) is 0 Å². The Morgan fingerprint density at radius 2 is 0.633 bits per heavy atom. The third kappa shape index (κ3) is 44.7. The smallest absolute Gasteiger partial charge is 0.170 e. The van der Waals surface area contributed by atoms with Gasteiger partial charge in [-0.2, -0.15) is 0 Å². The maximum atomic E-state index is 5.52. The second kappa shape index (κ2) is 54.9. The molecule has 0 bridgehead atoms. The minimum Gasteiger partial charge on any atom is -0.379 e. The van der Waals surface area contributed by atoms with E-state index in [1.165, 1.54) is 107 Å². The molecule has 0 radical (unpaired) electrons. The van der Waals surface area contributed by atoms with Gasteiger partial charge in [0.1, 0.15) is 0 Å². The molecule has 0 aliphatic carbocycles. The molecule has 8 aliphatic heterocycles. The lowest BCUT2D eigenvalue weighted by molar-refractivity contribution is -0.172. The molecule has 0 aromatic heterocycles. The Hall–Kier alpha value is -3.64. The number of nitrogens with one attached hydrogen (secondary N) is 9. The number of likely N-dealkylation sites (N-methyl/N-ethyl adjacent to an activating group) is 1. The largest absolute Gasteiger partial charge is 0.379 e. The molecule has 4 aromatic carbocycles. The van der Waals surface area contributed by atoms with Crippen LogP contribution in [0.25, 0.3) is 0 Å². The van der Waals surface area contributed by atoms with Crippen molar-refractivity contribution in [1.82, 2.24) is 52.8 Å². The van der Waals surface area contributed by atoms with Gasteiger partial charge in [-0.1, -0.05) is 161 Å². The molecule has 4 aromatic rings. The Morgan fingerprint density at radius 1 is 0.342 bits per heavy atom. The fourth-order valence-electron chi connectivity index (χ4n) is 8.59. The number of hydrogen-bond donors (Lipinski definition) is 9. The van der Waals surface area contributed by atoms with Crippen LogP contribution in [0.1, 0.15) is 101 Å². The molecule has 12 rings (SSSR count). The van der Waals surface area contributed by atoms with E-state index >= 15 is 0 Å². The van der Waals surface area contributed by atoms with E-state index in [4.69, 9.17) is 14.2 Å². The minimum absolute atomic E-state index is 0.189. The first-order chi connectivity index (χ1) is 39.0. The Bertz CT molecular complexity index is 1580. The molecule has 79 heavy (non-hydrogen) atoms. The van der Waals surface area contributed by atoms with Crippen molar-refractivity contribution in [2.45, 2.75) is 111 Å². The number of piperazine rings is 2. The van der Waals surface area contributed by atoms with Gasteiger partial charge in [0.2, 0.25) is 0 Å². The van der Waals surface area contributed by atoms with Crippen molar-refractivity contribution in [1.29, 1.82) is 0 Å². The number of hydrogen-bond acceptors (Lipinski definition) is 13. The van der Waals surface area contributed by atoms with Gasteiger partial charge in [0.25, 0.3) is 0 Å². The van der Waals surface area contributed by atoms with Gasteiger partial charge in [-0.25, -0.2) is 0 Å². The molecular formula is C66H116N10O3. The van der Waals surface area contributed by atoms with Crippen molar-refractivity contribution in [3.8, 4) is 0 Å². The maximum absolute atomic E-state index is 5.52. The fraction of sp³-hybridized carbons (Fsp3) is 0.636. The summed E-state index contributed by atoms with van der Waals surface area (Å²) in [6, 6.07) is 41.6. The first-order valence-electron chi connectivity index (χ1n) is 31.1. The van der Waals surface area contributed by atoms with Gasteiger partial charge < -0.3 is 62.1 Å². The van der Waals surface area contributed by atoms with E-state index < -0.39 is 0 Å². The molecule has 0 atom stereocenters. The van der Waals surface area contributed by atoms with Gasteiger partial charge in [-0.3, -0.25) is 4.90 Å². The van der Waals surface area contributed by atoms with Crippen LogP contribution in [0, 0.1) is 6.92 Å². The summed E-state index contributed by atoms with van der Waals surface area (Å²) in [6.07, 6.45) is 13.7. The van der Waals surface area contributed by atoms with E-state index in [-0.39, 0.29) is 5.79 Å². The topological polar surface area (TPSA) is 139 Å². The zero-order valence-electron chi connectivity index (χ0n) is 50.7. The van der Waals surface area contributed by atoms with Gasteiger partial charge in [-0.15, -0.1) is 0 Å². The monoisotopic (exact) mass is 1100 g/mol. The Kier molecular flexibility index (Phi) is 49.7. The van der Waals surface area contributed by atoms with Crippen LogP contribution in [0.15, 0.2) is 121 Å². The molecule has 0 unspecified atom stereocenters. The zero-order valence-corrected chi connectivity index (χ0v) is 50.7. The number of ether oxygens (including phenoxy) is 3. The molecule has 1 spiro atoms. The molecular weight excluding hydrogens is 981 g/mol. The van der Waals surface area contributed by atoms with Crippen molar-refractivity contribution in [2.75, 3.05) is 164 Å². The highest BCUT2D eigenvalue weighted by molar-refractivity contribution is 5.15. The number of aryl methyl sites for hydroxylation is 4. The predicted molar refractivity (Wildman–Crippen MR) is 339 cm³/mol. The molecule has 9 N–H and O–H groups in total. The number of piperidine rings is 2. The number of rotatable bonds is 4. The van der Waals surface area contributed by atoms with E-state index in [0.29, 0.717) is 0 Å². The Morgan fingerprint density at radius 3 is 0.873 bits per heavy atom. The average molecular weight is 1100 g/mol. The number of morpholine rings is 1. The van der Waals surface area contributed by atoms with E-state index in [9.17, 15) is 0 Å². The highest BCUT2D eigenvalue weighted by Crippen LogP contribution is 2.28. The molecule has 13 heteroatoms. The summed E-state index contributed by atoms with van der Waals surface area (Å²) in [5.74, 6) is -0.189. The van der Waals surface area contributed by atoms with Crippen LogP contribution < -0.4 is 47.9 Å². The van der Waals surface area contributed by atoms with Crippen LogP contribution in [0.3, 0.4) is 0 Å². The summed E-state index contributed by atoms with van der Waals surface area (Å²) in [5, 5.41) is 29.2. The molecule has 8 fully saturated rings. The third-order valence-corrected chi connectivity index (χ3v) is 13.7. The van der Waals surface area contributed by atoms with Crippen molar-refractivity contribution in [3.05, 3.63) is 144 Å². The lowest BCUT2D eigenvalue weighted by Gasteiger charge is -2.31. The number of nitrogens with zero attached hydrogens (tertiary/aromatic N) is 1. The first kappa shape index (κ1) is 71.5. The minimum atomic E-state index is -0.189. The summed E-state index contributed by atoms with van der Waals surface area (Å²) < 4.78 is 16.2. The highest BCUT2D eigenvalue weighted by Gasteiger charge is 2.37. The lowest BCUT2D eigenvalue weighted by Crippen LogP contribution is -2.42. The lowest BCUT2D eigenvalue weighted by atomic mass is 10.1. The summed E-state index contributed by atoms with van der Waals surface area (Å²) >= 11 is 0. The van der Waals surface area contributed by atoms with Gasteiger partial charge >= 0.3 is 0 Å². The quantitative estimate of drug-likeness (QED) is 0.0972.